The molecule has 152 valence electrons. The van der Waals surface area contributed by atoms with Gasteiger partial charge in [0.2, 0.25) is 6.79 Å². The lowest BCUT2D eigenvalue weighted by Gasteiger charge is -2.19. The number of hydrogen-bond acceptors (Lipinski definition) is 5. The molecule has 0 saturated heterocycles. The van der Waals surface area contributed by atoms with E-state index in [0.717, 1.165) is 39.3 Å². The van der Waals surface area contributed by atoms with Crippen molar-refractivity contribution in [3.8, 4) is 22.8 Å². The molecular formula is C23H21FN4O2. The van der Waals surface area contributed by atoms with Gasteiger partial charge in [0, 0.05) is 43.0 Å². The smallest absolute Gasteiger partial charge is 0.231 e. The Morgan fingerprint density at radius 1 is 1.07 bits per heavy atom. The summed E-state index contributed by atoms with van der Waals surface area (Å²) in [5, 5.41) is 0.977. The second kappa shape index (κ2) is 7.42. The van der Waals surface area contributed by atoms with Crippen LogP contribution in [0.25, 0.3) is 22.2 Å². The highest BCUT2D eigenvalue weighted by Gasteiger charge is 2.18. The number of aryl methyl sites for hydroxylation is 1. The molecule has 1 aliphatic rings. The van der Waals surface area contributed by atoms with Crippen LogP contribution in [0.15, 0.2) is 54.9 Å². The number of halogens is 1. The Hall–Kier alpha value is -3.45. The van der Waals surface area contributed by atoms with E-state index in [1.165, 1.54) is 12.1 Å². The summed E-state index contributed by atoms with van der Waals surface area (Å²) in [5.74, 6) is 2.14. The zero-order chi connectivity index (χ0) is 20.7. The van der Waals surface area contributed by atoms with Crippen LogP contribution in [0.5, 0.6) is 11.5 Å². The third kappa shape index (κ3) is 3.48. The average Bonchev–Trinajstić information content (AvgIpc) is 3.35. The summed E-state index contributed by atoms with van der Waals surface area (Å²) < 4.78 is 26.5. The maximum atomic E-state index is 13.5. The number of benzene rings is 2. The summed E-state index contributed by atoms with van der Waals surface area (Å²) in [6, 6.07) is 12.4. The van der Waals surface area contributed by atoms with Gasteiger partial charge in [0.1, 0.15) is 11.6 Å². The van der Waals surface area contributed by atoms with Gasteiger partial charge in [0.15, 0.2) is 11.5 Å². The Kier molecular flexibility index (Phi) is 4.59. The number of fused-ring (bicyclic) bond motifs is 2. The van der Waals surface area contributed by atoms with E-state index in [1.807, 2.05) is 37.0 Å². The Labute approximate surface area is 173 Å². The van der Waals surface area contributed by atoms with E-state index in [1.54, 1.807) is 18.3 Å². The summed E-state index contributed by atoms with van der Waals surface area (Å²) in [6.07, 6.45) is 3.74. The van der Waals surface area contributed by atoms with Gasteiger partial charge in [-0.2, -0.15) is 0 Å². The molecule has 30 heavy (non-hydrogen) atoms. The molecule has 6 nitrogen and oxygen atoms in total. The fraction of sp³-hybridized carbons (Fsp3) is 0.217. The fourth-order valence-electron chi connectivity index (χ4n) is 3.72. The third-order valence-corrected chi connectivity index (χ3v) is 5.28. The molecule has 0 aliphatic carbocycles. The zero-order valence-corrected chi connectivity index (χ0v) is 16.8. The van der Waals surface area contributed by atoms with Crippen LogP contribution in [0.3, 0.4) is 0 Å². The van der Waals surface area contributed by atoms with Crippen molar-refractivity contribution in [3.05, 3.63) is 72.1 Å². The van der Waals surface area contributed by atoms with Gasteiger partial charge in [-0.15, -0.1) is 0 Å². The summed E-state index contributed by atoms with van der Waals surface area (Å²) in [7, 11) is 4.04. The van der Waals surface area contributed by atoms with Gasteiger partial charge in [-0.05, 0) is 49.0 Å². The predicted octanol–water partition coefficient (Wildman–Crippen LogP) is 4.14. The fourth-order valence-corrected chi connectivity index (χ4v) is 3.72. The van der Waals surface area contributed by atoms with Crippen molar-refractivity contribution < 1.29 is 13.9 Å². The lowest BCUT2D eigenvalue weighted by atomic mass is 10.0. The molecule has 0 fully saturated rings. The normalized spacial score (nSPS) is 12.8. The molecule has 1 aliphatic heterocycles. The first-order chi connectivity index (χ1) is 14.6. The van der Waals surface area contributed by atoms with E-state index in [2.05, 4.69) is 16.0 Å². The molecule has 2 aromatic heterocycles. The minimum atomic E-state index is -0.267. The van der Waals surface area contributed by atoms with Crippen molar-refractivity contribution in [2.75, 3.05) is 13.8 Å². The van der Waals surface area contributed by atoms with Crippen LogP contribution in [0.1, 0.15) is 11.4 Å². The number of nitrogens with zero attached hydrogens (tertiary/aromatic N) is 4. The van der Waals surface area contributed by atoms with Gasteiger partial charge in [0.05, 0.1) is 17.8 Å². The Morgan fingerprint density at radius 3 is 2.57 bits per heavy atom. The minimum Gasteiger partial charge on any atom is -0.454 e. The van der Waals surface area contributed by atoms with Crippen molar-refractivity contribution in [3.63, 3.8) is 0 Å². The number of rotatable bonds is 5. The van der Waals surface area contributed by atoms with Crippen LogP contribution in [-0.4, -0.2) is 33.3 Å². The number of imidazole rings is 1. The second-order valence-corrected chi connectivity index (χ2v) is 7.53. The molecular weight excluding hydrogens is 383 g/mol. The van der Waals surface area contributed by atoms with E-state index < -0.39 is 0 Å². The summed E-state index contributed by atoms with van der Waals surface area (Å²) in [6.45, 7) is 1.58. The highest BCUT2D eigenvalue weighted by molar-refractivity contribution is 5.86. The number of aromatic nitrogens is 3. The molecule has 0 unspecified atom stereocenters. The van der Waals surface area contributed by atoms with Crippen molar-refractivity contribution in [2.45, 2.75) is 13.1 Å². The quantitative estimate of drug-likeness (QED) is 0.501. The lowest BCUT2D eigenvalue weighted by molar-refractivity contribution is 0.174. The summed E-state index contributed by atoms with van der Waals surface area (Å²) in [4.78, 5) is 11.5. The van der Waals surface area contributed by atoms with E-state index in [4.69, 9.17) is 14.5 Å². The maximum absolute atomic E-state index is 13.5. The van der Waals surface area contributed by atoms with Gasteiger partial charge in [-0.3, -0.25) is 4.90 Å². The topological polar surface area (TPSA) is 52.4 Å². The largest absolute Gasteiger partial charge is 0.454 e. The van der Waals surface area contributed by atoms with Crippen LogP contribution in [-0.2, 0) is 20.1 Å². The Balaban J connectivity index is 1.56. The molecule has 0 amide bonds. The van der Waals surface area contributed by atoms with Gasteiger partial charge in [-0.25, -0.2) is 14.4 Å². The third-order valence-electron chi connectivity index (χ3n) is 5.28. The van der Waals surface area contributed by atoms with Gasteiger partial charge >= 0.3 is 0 Å². The van der Waals surface area contributed by atoms with Crippen LogP contribution in [0.2, 0.25) is 0 Å². The average molecular weight is 404 g/mol. The molecule has 0 saturated carbocycles. The molecule has 3 heterocycles. The Bertz CT molecular complexity index is 1220. The predicted molar refractivity (Wildman–Crippen MR) is 112 cm³/mol. The first-order valence-corrected chi connectivity index (χ1v) is 9.71. The SMILES string of the molecule is CN(Cc1cc2cc3c(cc2nc1-c1ccc(F)cc1)OCO3)Cc1nccn1C. The van der Waals surface area contributed by atoms with Gasteiger partial charge < -0.3 is 14.0 Å². The van der Waals surface area contributed by atoms with Crippen molar-refractivity contribution in [1.29, 1.82) is 0 Å². The van der Waals surface area contributed by atoms with Gasteiger partial charge in [0.25, 0.3) is 0 Å². The molecule has 2 aromatic carbocycles. The molecule has 5 rings (SSSR count). The van der Waals surface area contributed by atoms with Crippen LogP contribution in [0.4, 0.5) is 4.39 Å². The summed E-state index contributed by atoms with van der Waals surface area (Å²) in [5.41, 5.74) is 3.56. The molecule has 0 atom stereocenters. The maximum Gasteiger partial charge on any atom is 0.231 e. The van der Waals surface area contributed by atoms with E-state index in [9.17, 15) is 4.39 Å². The highest BCUT2D eigenvalue weighted by Crippen LogP contribution is 2.37. The standard InChI is InChI=1S/C23H21FN4O2/c1-27(13-22-25-7-8-28(22)2)12-17-9-16-10-20-21(30-14-29-20)11-19(16)26-23(17)15-3-5-18(24)6-4-15/h3-11H,12-14H2,1-2H3. The van der Waals surface area contributed by atoms with Crippen LogP contribution >= 0.6 is 0 Å². The van der Waals surface area contributed by atoms with Crippen molar-refractivity contribution in [2.24, 2.45) is 7.05 Å². The number of ether oxygens (including phenoxy) is 2. The lowest BCUT2D eigenvalue weighted by Crippen LogP contribution is -2.20. The summed E-state index contributed by atoms with van der Waals surface area (Å²) >= 11 is 0. The molecule has 0 spiro atoms. The van der Waals surface area contributed by atoms with Crippen LogP contribution < -0.4 is 9.47 Å². The Morgan fingerprint density at radius 2 is 1.83 bits per heavy atom. The van der Waals surface area contributed by atoms with Gasteiger partial charge in [-0.1, -0.05) is 0 Å². The van der Waals surface area contributed by atoms with E-state index in [0.29, 0.717) is 18.8 Å². The first-order valence-electron chi connectivity index (χ1n) is 9.71. The monoisotopic (exact) mass is 404 g/mol. The molecule has 0 N–H and O–H groups in total. The molecule has 0 bridgehead atoms. The minimum absolute atomic E-state index is 0.218. The molecule has 4 aromatic rings. The van der Waals surface area contributed by atoms with E-state index >= 15 is 0 Å². The number of pyridine rings is 1. The highest BCUT2D eigenvalue weighted by atomic mass is 19.1. The van der Waals surface area contributed by atoms with Crippen LogP contribution in [0, 0.1) is 5.82 Å². The van der Waals surface area contributed by atoms with E-state index in [-0.39, 0.29) is 12.6 Å². The van der Waals surface area contributed by atoms with Crippen molar-refractivity contribution >= 4 is 10.9 Å². The second-order valence-electron chi connectivity index (χ2n) is 7.53. The molecule has 0 radical (unpaired) electrons. The van der Waals surface area contributed by atoms with Crippen molar-refractivity contribution in [1.82, 2.24) is 19.4 Å². The molecule has 7 heteroatoms. The zero-order valence-electron chi connectivity index (χ0n) is 16.8. The number of hydrogen-bond donors (Lipinski definition) is 0. The first kappa shape index (κ1) is 18.6.